The van der Waals surface area contributed by atoms with Gasteiger partial charge in [-0.2, -0.15) is 0 Å². The number of benzene rings is 3. The molecule has 32 heavy (non-hydrogen) atoms. The number of carbonyl (C=O) groups excluding carboxylic acids is 2. The molecular weight excluding hydrogens is 400 g/mol. The topological polar surface area (TPSA) is 86.0 Å². The van der Waals surface area contributed by atoms with Gasteiger partial charge in [0, 0.05) is 36.1 Å². The van der Waals surface area contributed by atoms with Crippen LogP contribution in [0.4, 0.5) is 4.79 Å². The lowest BCUT2D eigenvalue weighted by atomic mass is 9.91. The van der Waals surface area contributed by atoms with Crippen LogP contribution in [0.15, 0.2) is 91.1 Å². The number of urea groups is 1. The minimum atomic E-state index is -0.375. The molecular formula is C26H26N4O2. The number of aromatic amines is 1. The molecule has 162 valence electrons. The molecule has 4 rings (SSSR count). The third-order valence-electron chi connectivity index (χ3n) is 5.41. The molecule has 3 aromatic carbocycles. The first-order valence-corrected chi connectivity index (χ1v) is 10.6. The first-order chi connectivity index (χ1) is 15.7. The smallest absolute Gasteiger partial charge is 0.315 e. The Kier molecular flexibility index (Phi) is 6.82. The average molecular weight is 427 g/mol. The van der Waals surface area contributed by atoms with Crippen molar-refractivity contribution in [2.24, 2.45) is 0 Å². The van der Waals surface area contributed by atoms with Gasteiger partial charge >= 0.3 is 6.03 Å². The van der Waals surface area contributed by atoms with E-state index in [0.717, 1.165) is 27.6 Å². The standard InChI is InChI=1S/C26H26N4O2/c31-25(18-30-26(32)29-15-19-9-3-1-4-10-19)28-16-22(20-11-5-2-6-12-20)23-17-27-24-14-8-7-13-21(23)24/h1-14,17,22,27H,15-16,18H2,(H,28,31)(H2,29,30,32)/t22-/m1/s1. The zero-order valence-electron chi connectivity index (χ0n) is 17.7. The quantitative estimate of drug-likeness (QED) is 0.344. The maximum atomic E-state index is 12.4. The van der Waals surface area contributed by atoms with Crippen LogP contribution in [0.25, 0.3) is 10.9 Å². The SMILES string of the molecule is O=C(CNC(=O)NCc1ccccc1)NC[C@H](c1ccccc1)c1c[nH]c2ccccc12. The molecule has 4 aromatic rings. The van der Waals surface area contributed by atoms with Crippen LogP contribution < -0.4 is 16.0 Å². The molecule has 0 aliphatic heterocycles. The van der Waals surface area contributed by atoms with Crippen LogP contribution in [0.2, 0.25) is 0 Å². The van der Waals surface area contributed by atoms with Crippen LogP contribution in [0.3, 0.4) is 0 Å². The Morgan fingerprint density at radius 1 is 0.781 bits per heavy atom. The molecule has 0 fully saturated rings. The van der Waals surface area contributed by atoms with Crippen molar-refractivity contribution in [3.8, 4) is 0 Å². The predicted octanol–water partition coefficient (Wildman–Crippen LogP) is 3.92. The first-order valence-electron chi connectivity index (χ1n) is 10.6. The summed E-state index contributed by atoms with van der Waals surface area (Å²) >= 11 is 0. The van der Waals surface area contributed by atoms with Crippen LogP contribution in [-0.4, -0.2) is 30.0 Å². The van der Waals surface area contributed by atoms with Crippen molar-refractivity contribution in [3.63, 3.8) is 0 Å². The second-order valence-electron chi connectivity index (χ2n) is 7.58. The number of amides is 3. The Morgan fingerprint density at radius 2 is 1.47 bits per heavy atom. The molecule has 0 aliphatic carbocycles. The van der Waals surface area contributed by atoms with Crippen LogP contribution in [-0.2, 0) is 11.3 Å². The summed E-state index contributed by atoms with van der Waals surface area (Å²) in [5.74, 6) is -0.246. The number of nitrogens with one attached hydrogen (secondary N) is 4. The number of H-pyrrole nitrogens is 1. The molecule has 0 unspecified atom stereocenters. The molecule has 1 aromatic heterocycles. The molecule has 1 atom stereocenters. The largest absolute Gasteiger partial charge is 0.361 e. The van der Waals surface area contributed by atoms with E-state index in [1.54, 1.807) is 0 Å². The fourth-order valence-electron chi connectivity index (χ4n) is 3.75. The molecule has 4 N–H and O–H groups in total. The van der Waals surface area contributed by atoms with E-state index < -0.39 is 0 Å². The van der Waals surface area contributed by atoms with Crippen LogP contribution in [0, 0.1) is 0 Å². The number of para-hydroxylation sites is 1. The maximum absolute atomic E-state index is 12.4. The second-order valence-corrected chi connectivity index (χ2v) is 7.58. The Labute approximate surface area is 187 Å². The summed E-state index contributed by atoms with van der Waals surface area (Å²) in [5.41, 5.74) is 4.30. The monoisotopic (exact) mass is 426 g/mol. The third kappa shape index (κ3) is 5.35. The van der Waals surface area contributed by atoms with Crippen LogP contribution in [0.1, 0.15) is 22.6 Å². The Hall–Kier alpha value is -4.06. The van der Waals surface area contributed by atoms with Crippen molar-refractivity contribution < 1.29 is 9.59 Å². The van der Waals surface area contributed by atoms with E-state index in [2.05, 4.69) is 39.1 Å². The molecule has 1 heterocycles. The number of carbonyl (C=O) groups is 2. The predicted molar refractivity (Wildman–Crippen MR) is 126 cm³/mol. The van der Waals surface area contributed by atoms with E-state index >= 15 is 0 Å². The molecule has 6 heteroatoms. The van der Waals surface area contributed by atoms with Gasteiger partial charge in [-0.05, 0) is 22.8 Å². The number of hydrogen-bond donors (Lipinski definition) is 4. The van der Waals surface area contributed by atoms with E-state index in [9.17, 15) is 9.59 Å². The van der Waals surface area contributed by atoms with E-state index in [-0.39, 0.29) is 24.4 Å². The summed E-state index contributed by atoms with van der Waals surface area (Å²) in [6.45, 7) is 0.749. The number of aromatic nitrogens is 1. The molecule has 0 spiro atoms. The first kappa shape index (κ1) is 21.2. The number of hydrogen-bond acceptors (Lipinski definition) is 2. The maximum Gasteiger partial charge on any atom is 0.315 e. The minimum Gasteiger partial charge on any atom is -0.361 e. The summed E-state index contributed by atoms with van der Waals surface area (Å²) < 4.78 is 0. The fraction of sp³-hybridized carbons (Fsp3) is 0.154. The van der Waals surface area contributed by atoms with Crippen LogP contribution in [0.5, 0.6) is 0 Å². The van der Waals surface area contributed by atoms with Gasteiger partial charge in [0.1, 0.15) is 0 Å². The van der Waals surface area contributed by atoms with Gasteiger partial charge in [0.2, 0.25) is 5.91 Å². The van der Waals surface area contributed by atoms with Crippen molar-refractivity contribution in [3.05, 3.63) is 108 Å². The van der Waals surface area contributed by atoms with Gasteiger partial charge in [0.05, 0.1) is 6.54 Å². The van der Waals surface area contributed by atoms with Gasteiger partial charge in [-0.25, -0.2) is 4.79 Å². The normalized spacial score (nSPS) is 11.6. The summed E-state index contributed by atoms with van der Waals surface area (Å²) in [4.78, 5) is 27.8. The van der Waals surface area contributed by atoms with Crippen molar-refractivity contribution in [1.29, 1.82) is 0 Å². The van der Waals surface area contributed by atoms with Crippen molar-refractivity contribution in [2.45, 2.75) is 12.5 Å². The number of fused-ring (bicyclic) bond motifs is 1. The zero-order chi connectivity index (χ0) is 22.2. The lowest BCUT2D eigenvalue weighted by Gasteiger charge is -2.18. The Bertz CT molecular complexity index is 1170. The van der Waals surface area contributed by atoms with Gasteiger partial charge in [0.25, 0.3) is 0 Å². The molecule has 0 radical (unpaired) electrons. The van der Waals surface area contributed by atoms with Gasteiger partial charge in [0.15, 0.2) is 0 Å². The van der Waals surface area contributed by atoms with Gasteiger partial charge in [-0.3, -0.25) is 4.79 Å². The summed E-state index contributed by atoms with van der Waals surface area (Å²) in [6, 6.07) is 27.5. The third-order valence-corrected chi connectivity index (χ3v) is 5.41. The lowest BCUT2D eigenvalue weighted by molar-refractivity contribution is -0.120. The molecule has 3 amide bonds. The van der Waals surface area contributed by atoms with Crippen molar-refractivity contribution in [2.75, 3.05) is 13.1 Å². The van der Waals surface area contributed by atoms with Crippen LogP contribution >= 0.6 is 0 Å². The zero-order valence-corrected chi connectivity index (χ0v) is 17.7. The summed E-state index contributed by atoms with van der Waals surface area (Å²) in [5, 5.41) is 9.47. The van der Waals surface area contributed by atoms with Gasteiger partial charge in [-0.1, -0.05) is 78.9 Å². The molecule has 0 aliphatic rings. The van der Waals surface area contributed by atoms with Gasteiger partial charge in [-0.15, -0.1) is 0 Å². The lowest BCUT2D eigenvalue weighted by Crippen LogP contribution is -2.42. The summed E-state index contributed by atoms with van der Waals surface area (Å²) in [6.07, 6.45) is 2.00. The fourth-order valence-corrected chi connectivity index (χ4v) is 3.75. The van der Waals surface area contributed by atoms with E-state index in [1.165, 1.54) is 0 Å². The second kappa shape index (κ2) is 10.3. The molecule has 6 nitrogen and oxygen atoms in total. The highest BCUT2D eigenvalue weighted by Gasteiger charge is 2.19. The minimum absolute atomic E-state index is 0.0109. The molecule has 0 bridgehead atoms. The van der Waals surface area contributed by atoms with E-state index in [1.807, 2.05) is 72.9 Å². The Balaban J connectivity index is 1.35. The average Bonchev–Trinajstić information content (AvgIpc) is 3.27. The van der Waals surface area contributed by atoms with E-state index in [0.29, 0.717) is 13.1 Å². The van der Waals surface area contributed by atoms with Gasteiger partial charge < -0.3 is 20.9 Å². The van der Waals surface area contributed by atoms with Crippen molar-refractivity contribution in [1.82, 2.24) is 20.9 Å². The highest BCUT2D eigenvalue weighted by Crippen LogP contribution is 2.30. The van der Waals surface area contributed by atoms with E-state index in [4.69, 9.17) is 0 Å². The number of rotatable bonds is 8. The Morgan fingerprint density at radius 3 is 2.25 bits per heavy atom. The highest BCUT2D eigenvalue weighted by atomic mass is 16.2. The molecule has 0 saturated heterocycles. The molecule has 0 saturated carbocycles. The highest BCUT2D eigenvalue weighted by molar-refractivity contribution is 5.85. The summed E-state index contributed by atoms with van der Waals surface area (Å²) in [7, 11) is 0. The van der Waals surface area contributed by atoms with Crippen molar-refractivity contribution >= 4 is 22.8 Å².